The highest BCUT2D eigenvalue weighted by atomic mass is 127. The van der Waals surface area contributed by atoms with Gasteiger partial charge in [-0.2, -0.15) is 0 Å². The Bertz CT molecular complexity index is 447. The molecule has 0 heterocycles. The van der Waals surface area contributed by atoms with Gasteiger partial charge in [0, 0.05) is 19.1 Å². The number of aliphatic imine (C=N–C) groups is 1. The maximum absolute atomic E-state index is 5.39. The Morgan fingerprint density at radius 3 is 2.62 bits per heavy atom. The number of guanidine groups is 1. The summed E-state index contributed by atoms with van der Waals surface area (Å²) in [5.41, 5.74) is 2.45. The van der Waals surface area contributed by atoms with Crippen LogP contribution in [0.2, 0.25) is 0 Å². The second kappa shape index (κ2) is 10.7. The first-order valence-corrected chi connectivity index (χ1v) is 7.25. The SMILES string of the molecule is CCNC(=NCCc1cc(C)ccc1OC)NC(C)C.I. The molecule has 0 bridgehead atoms. The number of methoxy groups -OCH3 is 1. The molecule has 0 saturated carbocycles. The summed E-state index contributed by atoms with van der Waals surface area (Å²) < 4.78 is 5.39. The average Bonchev–Trinajstić information content (AvgIpc) is 2.38. The summed E-state index contributed by atoms with van der Waals surface area (Å²) in [6.45, 7) is 9.98. The van der Waals surface area contributed by atoms with Crippen molar-refractivity contribution in [1.82, 2.24) is 10.6 Å². The van der Waals surface area contributed by atoms with Crippen LogP contribution in [-0.2, 0) is 6.42 Å². The number of nitrogens with one attached hydrogen (secondary N) is 2. The quantitative estimate of drug-likeness (QED) is 0.434. The fourth-order valence-corrected chi connectivity index (χ4v) is 1.98. The van der Waals surface area contributed by atoms with Crippen LogP contribution < -0.4 is 15.4 Å². The van der Waals surface area contributed by atoms with Crippen LogP contribution in [0.4, 0.5) is 0 Å². The highest BCUT2D eigenvalue weighted by Crippen LogP contribution is 2.20. The van der Waals surface area contributed by atoms with E-state index in [9.17, 15) is 0 Å². The summed E-state index contributed by atoms with van der Waals surface area (Å²) in [6, 6.07) is 6.63. The Balaban J connectivity index is 0.00000400. The third kappa shape index (κ3) is 7.55. The molecule has 2 N–H and O–H groups in total. The number of nitrogens with zero attached hydrogens (tertiary/aromatic N) is 1. The first-order chi connectivity index (χ1) is 9.56. The maximum atomic E-state index is 5.39. The molecule has 0 radical (unpaired) electrons. The molecule has 0 aliphatic heterocycles. The Morgan fingerprint density at radius 2 is 2.05 bits per heavy atom. The number of halogens is 1. The van der Waals surface area contributed by atoms with Crippen LogP contribution in [0.5, 0.6) is 5.75 Å². The summed E-state index contributed by atoms with van der Waals surface area (Å²) in [5.74, 6) is 1.81. The number of ether oxygens (including phenoxy) is 1. The Labute approximate surface area is 145 Å². The lowest BCUT2D eigenvalue weighted by atomic mass is 10.1. The van der Waals surface area contributed by atoms with Crippen LogP contribution in [0.1, 0.15) is 31.9 Å². The van der Waals surface area contributed by atoms with Gasteiger partial charge in [0.2, 0.25) is 0 Å². The molecule has 0 saturated heterocycles. The van der Waals surface area contributed by atoms with Gasteiger partial charge in [0.1, 0.15) is 5.75 Å². The van der Waals surface area contributed by atoms with Crippen LogP contribution in [-0.4, -0.2) is 32.2 Å². The lowest BCUT2D eigenvalue weighted by Crippen LogP contribution is -2.41. The molecule has 0 atom stereocenters. The first-order valence-electron chi connectivity index (χ1n) is 7.25. The summed E-state index contributed by atoms with van der Waals surface area (Å²) in [5, 5.41) is 6.56. The smallest absolute Gasteiger partial charge is 0.191 e. The fraction of sp³-hybridized carbons (Fsp3) is 0.562. The molecule has 120 valence electrons. The molecular weight excluding hydrogens is 377 g/mol. The summed E-state index contributed by atoms with van der Waals surface area (Å²) >= 11 is 0. The van der Waals surface area contributed by atoms with Crippen molar-refractivity contribution in [3.63, 3.8) is 0 Å². The first kappa shape index (κ1) is 20.0. The third-order valence-corrected chi connectivity index (χ3v) is 2.86. The highest BCUT2D eigenvalue weighted by Gasteiger charge is 2.04. The van der Waals surface area contributed by atoms with E-state index in [1.807, 2.05) is 6.07 Å². The van der Waals surface area contributed by atoms with Crippen molar-refractivity contribution in [2.45, 2.75) is 40.2 Å². The predicted octanol–water partition coefficient (Wildman–Crippen LogP) is 3.13. The minimum atomic E-state index is 0. The van der Waals surface area contributed by atoms with Crippen molar-refractivity contribution in [3.8, 4) is 5.75 Å². The molecule has 1 rings (SSSR count). The number of hydrogen-bond donors (Lipinski definition) is 2. The summed E-state index contributed by atoms with van der Waals surface area (Å²) in [4.78, 5) is 4.59. The largest absolute Gasteiger partial charge is 0.496 e. The van der Waals surface area contributed by atoms with Crippen molar-refractivity contribution in [2.75, 3.05) is 20.2 Å². The van der Waals surface area contributed by atoms with E-state index in [0.717, 1.165) is 31.2 Å². The number of aryl methyl sites for hydroxylation is 1. The minimum absolute atomic E-state index is 0. The monoisotopic (exact) mass is 405 g/mol. The molecular formula is C16H28IN3O. The molecule has 5 heteroatoms. The Hall–Kier alpha value is -0.980. The normalized spacial score (nSPS) is 11.0. The van der Waals surface area contributed by atoms with Crippen molar-refractivity contribution >= 4 is 29.9 Å². The van der Waals surface area contributed by atoms with Crippen molar-refractivity contribution < 1.29 is 4.74 Å². The standard InChI is InChI=1S/C16H27N3O.HI/c1-6-17-16(19-12(2)3)18-10-9-14-11-13(4)7-8-15(14)20-5;/h7-8,11-12H,6,9-10H2,1-5H3,(H2,17,18,19);1H. The van der Waals surface area contributed by atoms with Gasteiger partial charge in [-0.3, -0.25) is 4.99 Å². The molecule has 0 spiro atoms. The summed E-state index contributed by atoms with van der Waals surface area (Å²) in [6.07, 6.45) is 0.875. The van der Waals surface area contributed by atoms with E-state index >= 15 is 0 Å². The van der Waals surface area contributed by atoms with Crippen molar-refractivity contribution in [1.29, 1.82) is 0 Å². The van der Waals surface area contributed by atoms with Gasteiger partial charge in [-0.1, -0.05) is 17.7 Å². The molecule has 0 aliphatic carbocycles. The molecule has 21 heavy (non-hydrogen) atoms. The van der Waals surface area contributed by atoms with Crippen molar-refractivity contribution in [2.24, 2.45) is 4.99 Å². The van der Waals surface area contributed by atoms with E-state index in [2.05, 4.69) is 55.5 Å². The average molecular weight is 405 g/mol. The van der Waals surface area contributed by atoms with E-state index in [-0.39, 0.29) is 24.0 Å². The lowest BCUT2D eigenvalue weighted by molar-refractivity contribution is 0.409. The second-order valence-corrected chi connectivity index (χ2v) is 5.12. The zero-order chi connectivity index (χ0) is 15.0. The molecule has 4 nitrogen and oxygen atoms in total. The topological polar surface area (TPSA) is 45.7 Å². The fourth-order valence-electron chi connectivity index (χ4n) is 1.98. The van der Waals surface area contributed by atoms with Gasteiger partial charge in [-0.05, 0) is 45.7 Å². The van der Waals surface area contributed by atoms with E-state index in [1.165, 1.54) is 11.1 Å². The van der Waals surface area contributed by atoms with Gasteiger partial charge in [0.15, 0.2) is 5.96 Å². The van der Waals surface area contributed by atoms with Crippen LogP contribution in [0, 0.1) is 6.92 Å². The molecule has 0 aromatic heterocycles. The van der Waals surface area contributed by atoms with Crippen LogP contribution in [0.25, 0.3) is 0 Å². The molecule has 0 amide bonds. The van der Waals surface area contributed by atoms with E-state index in [4.69, 9.17) is 4.74 Å². The Morgan fingerprint density at radius 1 is 1.33 bits per heavy atom. The van der Waals surface area contributed by atoms with Crippen molar-refractivity contribution in [3.05, 3.63) is 29.3 Å². The van der Waals surface area contributed by atoms with Gasteiger partial charge in [0.05, 0.1) is 7.11 Å². The Kier molecular flexibility index (Phi) is 10.2. The van der Waals surface area contributed by atoms with E-state index < -0.39 is 0 Å². The maximum Gasteiger partial charge on any atom is 0.191 e. The van der Waals surface area contributed by atoms with Crippen LogP contribution in [0.15, 0.2) is 23.2 Å². The van der Waals surface area contributed by atoms with Crippen LogP contribution >= 0.6 is 24.0 Å². The second-order valence-electron chi connectivity index (χ2n) is 5.12. The van der Waals surface area contributed by atoms with E-state index in [0.29, 0.717) is 6.04 Å². The van der Waals surface area contributed by atoms with Gasteiger partial charge in [-0.25, -0.2) is 0 Å². The lowest BCUT2D eigenvalue weighted by Gasteiger charge is -2.14. The number of hydrogen-bond acceptors (Lipinski definition) is 2. The van der Waals surface area contributed by atoms with Gasteiger partial charge in [0.25, 0.3) is 0 Å². The molecule has 0 fully saturated rings. The summed E-state index contributed by atoms with van der Waals surface area (Å²) in [7, 11) is 1.71. The number of benzene rings is 1. The minimum Gasteiger partial charge on any atom is -0.496 e. The molecule has 0 aliphatic rings. The zero-order valence-electron chi connectivity index (χ0n) is 13.7. The highest BCUT2D eigenvalue weighted by molar-refractivity contribution is 14.0. The number of rotatable bonds is 6. The van der Waals surface area contributed by atoms with Gasteiger partial charge >= 0.3 is 0 Å². The van der Waals surface area contributed by atoms with Gasteiger partial charge < -0.3 is 15.4 Å². The predicted molar refractivity (Wildman–Crippen MR) is 101 cm³/mol. The molecule has 0 unspecified atom stereocenters. The molecule has 1 aromatic carbocycles. The van der Waals surface area contributed by atoms with Gasteiger partial charge in [-0.15, -0.1) is 24.0 Å². The molecule has 1 aromatic rings. The zero-order valence-corrected chi connectivity index (χ0v) is 16.0. The van der Waals surface area contributed by atoms with Crippen LogP contribution in [0.3, 0.4) is 0 Å². The third-order valence-electron chi connectivity index (χ3n) is 2.86. The van der Waals surface area contributed by atoms with E-state index in [1.54, 1.807) is 7.11 Å².